The van der Waals surface area contributed by atoms with Crippen molar-refractivity contribution in [2.24, 2.45) is 5.92 Å². The summed E-state index contributed by atoms with van der Waals surface area (Å²) in [4.78, 5) is 27.6. The minimum atomic E-state index is -0.558. The van der Waals surface area contributed by atoms with E-state index < -0.39 is 5.60 Å². The zero-order valence-corrected chi connectivity index (χ0v) is 19.0. The molecule has 0 N–H and O–H groups in total. The van der Waals surface area contributed by atoms with Crippen LogP contribution in [0.25, 0.3) is 6.08 Å². The lowest BCUT2D eigenvalue weighted by molar-refractivity contribution is -0.150. The molecule has 168 valence electrons. The third-order valence-corrected chi connectivity index (χ3v) is 6.00. The average molecular weight is 434 g/mol. The molecule has 1 saturated heterocycles. The highest BCUT2D eigenvalue weighted by atomic mass is 16.6. The molecule has 0 radical (unpaired) electrons. The summed E-state index contributed by atoms with van der Waals surface area (Å²) in [5.41, 5.74) is 3.29. The summed E-state index contributed by atoms with van der Waals surface area (Å²) in [6.45, 7) is 7.14. The normalized spacial score (nSPS) is 20.3. The lowest BCUT2D eigenvalue weighted by atomic mass is 9.79. The number of hydrogen-bond donors (Lipinski definition) is 0. The topological polar surface area (TPSA) is 55.8 Å². The quantitative estimate of drug-likeness (QED) is 0.593. The van der Waals surface area contributed by atoms with Gasteiger partial charge in [0.25, 0.3) is 0 Å². The Morgan fingerprint density at radius 3 is 2.50 bits per heavy atom. The van der Waals surface area contributed by atoms with E-state index in [4.69, 9.17) is 9.47 Å². The van der Waals surface area contributed by atoms with Crippen LogP contribution in [0.5, 0.6) is 0 Å². The van der Waals surface area contributed by atoms with Crippen LogP contribution in [0.15, 0.2) is 60.2 Å². The van der Waals surface area contributed by atoms with Crippen LogP contribution in [0, 0.1) is 5.92 Å². The van der Waals surface area contributed by atoms with E-state index in [0.717, 1.165) is 29.5 Å². The number of carbonyl (C=O) groups is 2. The Kier molecular flexibility index (Phi) is 6.35. The number of likely N-dealkylation sites (tertiary alicyclic amines) is 1. The van der Waals surface area contributed by atoms with Crippen molar-refractivity contribution in [2.45, 2.75) is 51.7 Å². The van der Waals surface area contributed by atoms with E-state index in [1.54, 1.807) is 4.90 Å². The Hall–Kier alpha value is -3.08. The van der Waals surface area contributed by atoms with Gasteiger partial charge in [0.15, 0.2) is 0 Å². The number of ether oxygens (including phenoxy) is 2. The van der Waals surface area contributed by atoms with Gasteiger partial charge in [-0.1, -0.05) is 54.6 Å². The third-order valence-electron chi connectivity index (χ3n) is 6.00. The van der Waals surface area contributed by atoms with Crippen LogP contribution >= 0.6 is 0 Å². The Balaban J connectivity index is 1.49. The second kappa shape index (κ2) is 9.19. The van der Waals surface area contributed by atoms with Crippen LogP contribution < -0.4 is 0 Å². The van der Waals surface area contributed by atoms with E-state index >= 15 is 0 Å². The zero-order chi connectivity index (χ0) is 22.7. The molecule has 2 atom stereocenters. The number of carbonyl (C=O) groups excluding carboxylic acids is 2. The van der Waals surface area contributed by atoms with Crippen LogP contribution in [0.1, 0.15) is 56.2 Å². The van der Waals surface area contributed by atoms with E-state index in [-0.39, 0.29) is 30.5 Å². The number of amides is 1. The van der Waals surface area contributed by atoms with Gasteiger partial charge in [0, 0.05) is 24.6 Å². The molecule has 32 heavy (non-hydrogen) atoms. The minimum Gasteiger partial charge on any atom is -0.457 e. The molecule has 2 aliphatic rings. The summed E-state index contributed by atoms with van der Waals surface area (Å²) in [7, 11) is 0. The first-order chi connectivity index (χ1) is 15.3. The van der Waals surface area contributed by atoms with Crippen LogP contribution in [-0.2, 0) is 20.9 Å². The van der Waals surface area contributed by atoms with Crippen molar-refractivity contribution >= 4 is 18.1 Å². The predicted octanol–water partition coefficient (Wildman–Crippen LogP) is 5.56. The lowest BCUT2D eigenvalue weighted by Crippen LogP contribution is -2.42. The second-order valence-electron chi connectivity index (χ2n) is 9.60. The number of nitrogens with zero attached hydrogens (tertiary/aromatic N) is 1. The molecular formula is C27H31NO4. The lowest BCUT2D eigenvalue weighted by Gasteiger charge is -2.36. The number of rotatable bonds is 4. The molecule has 1 aliphatic carbocycles. The molecule has 5 heteroatoms. The smallest absolute Gasteiger partial charge is 0.410 e. The first-order valence-corrected chi connectivity index (χ1v) is 11.3. The fraction of sp³-hybridized carbons (Fsp3) is 0.407. The van der Waals surface area contributed by atoms with E-state index in [2.05, 4.69) is 6.07 Å². The fourth-order valence-corrected chi connectivity index (χ4v) is 4.64. The molecule has 0 spiro atoms. The van der Waals surface area contributed by atoms with Gasteiger partial charge in [0.2, 0.25) is 0 Å². The summed E-state index contributed by atoms with van der Waals surface area (Å²) in [6.07, 6.45) is 3.49. The molecule has 0 bridgehead atoms. The minimum absolute atomic E-state index is 0.0780. The van der Waals surface area contributed by atoms with E-state index in [1.165, 1.54) is 0 Å². The van der Waals surface area contributed by atoms with Gasteiger partial charge in [-0.25, -0.2) is 9.59 Å². The highest BCUT2D eigenvalue weighted by molar-refractivity contribution is 5.98. The van der Waals surface area contributed by atoms with Gasteiger partial charge >= 0.3 is 12.1 Å². The van der Waals surface area contributed by atoms with Crippen molar-refractivity contribution in [3.63, 3.8) is 0 Å². The Morgan fingerprint density at radius 1 is 1.03 bits per heavy atom. The number of piperidine rings is 1. The molecule has 5 nitrogen and oxygen atoms in total. The van der Waals surface area contributed by atoms with Gasteiger partial charge in [-0.05, 0) is 62.3 Å². The zero-order valence-electron chi connectivity index (χ0n) is 19.0. The average Bonchev–Trinajstić information content (AvgIpc) is 3.17. The molecule has 1 aliphatic heterocycles. The monoisotopic (exact) mass is 433 g/mol. The second-order valence-corrected chi connectivity index (χ2v) is 9.60. The SMILES string of the molecule is CC(C)(C)OC(=O)C1=Cc2ccccc2C1C1CCCN(C(=O)OCc2ccccc2)C1. The maximum Gasteiger partial charge on any atom is 0.410 e. The van der Waals surface area contributed by atoms with Crippen LogP contribution in [-0.4, -0.2) is 35.7 Å². The van der Waals surface area contributed by atoms with Crippen molar-refractivity contribution in [1.29, 1.82) is 0 Å². The Morgan fingerprint density at radius 2 is 1.75 bits per heavy atom. The van der Waals surface area contributed by atoms with Crippen molar-refractivity contribution in [3.8, 4) is 0 Å². The van der Waals surface area contributed by atoms with Gasteiger partial charge < -0.3 is 14.4 Å². The molecular weight excluding hydrogens is 402 g/mol. The largest absolute Gasteiger partial charge is 0.457 e. The molecule has 2 aromatic carbocycles. The molecule has 2 aromatic rings. The first-order valence-electron chi connectivity index (χ1n) is 11.3. The molecule has 1 amide bonds. The van der Waals surface area contributed by atoms with Crippen LogP contribution in [0.3, 0.4) is 0 Å². The summed E-state index contributed by atoms with van der Waals surface area (Å²) in [5.74, 6) is -0.219. The Labute approximate surface area is 190 Å². The molecule has 0 aromatic heterocycles. The molecule has 1 heterocycles. The highest BCUT2D eigenvalue weighted by Crippen LogP contribution is 2.45. The summed E-state index contributed by atoms with van der Waals surface area (Å²) < 4.78 is 11.3. The van der Waals surface area contributed by atoms with Crippen LogP contribution in [0.2, 0.25) is 0 Å². The number of benzene rings is 2. The predicted molar refractivity (Wildman–Crippen MR) is 124 cm³/mol. The van der Waals surface area contributed by atoms with Gasteiger partial charge in [-0.15, -0.1) is 0 Å². The van der Waals surface area contributed by atoms with E-state index in [1.807, 2.05) is 75.4 Å². The maximum absolute atomic E-state index is 13.1. The van der Waals surface area contributed by atoms with Crippen molar-refractivity contribution in [1.82, 2.24) is 4.90 Å². The highest BCUT2D eigenvalue weighted by Gasteiger charge is 2.40. The fourth-order valence-electron chi connectivity index (χ4n) is 4.64. The molecule has 4 rings (SSSR count). The first kappa shape index (κ1) is 22.1. The number of fused-ring (bicyclic) bond motifs is 1. The molecule has 1 fully saturated rings. The van der Waals surface area contributed by atoms with Crippen molar-refractivity contribution in [2.75, 3.05) is 13.1 Å². The summed E-state index contributed by atoms with van der Waals surface area (Å²) in [6, 6.07) is 17.8. The van der Waals surface area contributed by atoms with Crippen LogP contribution in [0.4, 0.5) is 4.79 Å². The number of esters is 1. The standard InChI is InChI=1S/C27H31NO4/c1-27(2,3)32-25(29)23-16-20-12-7-8-14-22(20)24(23)21-13-9-15-28(17-21)26(30)31-18-19-10-5-4-6-11-19/h4-8,10-12,14,16,21,24H,9,13,15,17-18H2,1-3H3. The molecule has 2 unspecified atom stereocenters. The van der Waals surface area contributed by atoms with Crippen molar-refractivity contribution < 1.29 is 19.1 Å². The van der Waals surface area contributed by atoms with Gasteiger partial charge in [-0.2, -0.15) is 0 Å². The molecule has 0 saturated carbocycles. The Bertz CT molecular complexity index is 1010. The third kappa shape index (κ3) is 5.04. The van der Waals surface area contributed by atoms with E-state index in [9.17, 15) is 9.59 Å². The van der Waals surface area contributed by atoms with Crippen molar-refractivity contribution in [3.05, 3.63) is 76.9 Å². The maximum atomic E-state index is 13.1. The van der Waals surface area contributed by atoms with Gasteiger partial charge in [-0.3, -0.25) is 0 Å². The number of hydrogen-bond acceptors (Lipinski definition) is 4. The summed E-state index contributed by atoms with van der Waals surface area (Å²) in [5, 5.41) is 0. The van der Waals surface area contributed by atoms with E-state index in [0.29, 0.717) is 18.7 Å². The van der Waals surface area contributed by atoms with Gasteiger partial charge in [0.05, 0.1) is 0 Å². The van der Waals surface area contributed by atoms with Gasteiger partial charge in [0.1, 0.15) is 12.2 Å². The summed E-state index contributed by atoms with van der Waals surface area (Å²) >= 11 is 0.